The van der Waals surface area contributed by atoms with Crippen molar-refractivity contribution in [3.05, 3.63) is 63.9 Å². The van der Waals surface area contributed by atoms with E-state index < -0.39 is 0 Å². The van der Waals surface area contributed by atoms with Crippen LogP contribution in [-0.4, -0.2) is 34.8 Å². The van der Waals surface area contributed by atoms with Gasteiger partial charge in [0.1, 0.15) is 0 Å². The van der Waals surface area contributed by atoms with Crippen LogP contribution in [0.3, 0.4) is 0 Å². The molecular weight excluding hydrogens is 373 g/mol. The van der Waals surface area contributed by atoms with Crippen LogP contribution in [0.4, 0.5) is 0 Å². The van der Waals surface area contributed by atoms with Crippen molar-refractivity contribution < 1.29 is 9.59 Å². The fourth-order valence-corrected chi connectivity index (χ4v) is 3.28. The third-order valence-corrected chi connectivity index (χ3v) is 5.23. The van der Waals surface area contributed by atoms with Crippen LogP contribution in [0.5, 0.6) is 0 Å². The lowest BCUT2D eigenvalue weighted by Crippen LogP contribution is -2.43. The highest BCUT2D eigenvalue weighted by Gasteiger charge is 2.27. The molecule has 26 heavy (non-hydrogen) atoms. The summed E-state index contributed by atoms with van der Waals surface area (Å²) < 4.78 is 0. The zero-order chi connectivity index (χ0) is 18.5. The van der Waals surface area contributed by atoms with Crippen LogP contribution in [-0.2, 0) is 11.3 Å². The number of hydrogen-bond donors (Lipinski definition) is 1. The quantitative estimate of drug-likeness (QED) is 0.866. The molecule has 0 saturated carbocycles. The third-order valence-electron chi connectivity index (χ3n) is 4.49. The SMILES string of the molecule is O=C(NCc1ccccn1)C1CCN(C(=O)c2ccc(Cl)c(Cl)c2)CC1. The molecule has 2 heterocycles. The molecule has 0 aliphatic carbocycles. The van der Waals surface area contributed by atoms with Gasteiger partial charge in [-0.3, -0.25) is 14.6 Å². The molecule has 3 rings (SSSR count). The van der Waals surface area contributed by atoms with E-state index in [1.807, 2.05) is 18.2 Å². The molecule has 0 spiro atoms. The number of nitrogens with zero attached hydrogens (tertiary/aromatic N) is 2. The van der Waals surface area contributed by atoms with E-state index >= 15 is 0 Å². The van der Waals surface area contributed by atoms with Crippen molar-refractivity contribution in [2.24, 2.45) is 5.92 Å². The lowest BCUT2D eigenvalue weighted by molar-refractivity contribution is -0.126. The van der Waals surface area contributed by atoms with Crippen LogP contribution in [0, 0.1) is 5.92 Å². The van der Waals surface area contributed by atoms with Gasteiger partial charge in [0.2, 0.25) is 5.91 Å². The largest absolute Gasteiger partial charge is 0.350 e. The molecule has 0 unspecified atom stereocenters. The van der Waals surface area contributed by atoms with Gasteiger partial charge in [-0.1, -0.05) is 29.3 Å². The highest BCUT2D eigenvalue weighted by atomic mass is 35.5. The van der Waals surface area contributed by atoms with E-state index in [9.17, 15) is 9.59 Å². The Morgan fingerprint density at radius 3 is 2.54 bits per heavy atom. The summed E-state index contributed by atoms with van der Waals surface area (Å²) in [5.74, 6) is -0.162. The maximum Gasteiger partial charge on any atom is 0.253 e. The summed E-state index contributed by atoms with van der Waals surface area (Å²) in [5.41, 5.74) is 1.34. The smallest absolute Gasteiger partial charge is 0.253 e. The molecule has 1 aromatic carbocycles. The lowest BCUT2D eigenvalue weighted by Gasteiger charge is -2.31. The summed E-state index contributed by atoms with van der Waals surface area (Å²) in [6.45, 7) is 1.50. The Labute approximate surface area is 162 Å². The second-order valence-electron chi connectivity index (χ2n) is 6.23. The molecule has 1 fully saturated rings. The number of carbonyl (C=O) groups excluding carboxylic acids is 2. The number of amides is 2. The van der Waals surface area contributed by atoms with E-state index in [0.717, 1.165) is 5.69 Å². The second kappa shape index (κ2) is 8.52. The maximum absolute atomic E-state index is 12.6. The zero-order valence-corrected chi connectivity index (χ0v) is 15.6. The summed E-state index contributed by atoms with van der Waals surface area (Å²) in [7, 11) is 0. The predicted octanol–water partition coefficient (Wildman–Crippen LogP) is 3.56. The minimum Gasteiger partial charge on any atom is -0.350 e. The Kier molecular flexibility index (Phi) is 6.12. The van der Waals surface area contributed by atoms with Gasteiger partial charge in [-0.25, -0.2) is 0 Å². The van der Waals surface area contributed by atoms with E-state index in [-0.39, 0.29) is 17.7 Å². The number of nitrogens with one attached hydrogen (secondary N) is 1. The lowest BCUT2D eigenvalue weighted by atomic mass is 9.95. The second-order valence-corrected chi connectivity index (χ2v) is 7.05. The maximum atomic E-state index is 12.6. The molecule has 0 atom stereocenters. The first-order valence-corrected chi connectivity index (χ1v) is 9.22. The molecule has 2 amide bonds. The topological polar surface area (TPSA) is 62.3 Å². The molecule has 2 aromatic rings. The Bertz CT molecular complexity index is 791. The van der Waals surface area contributed by atoms with Gasteiger partial charge in [0.15, 0.2) is 0 Å². The van der Waals surface area contributed by atoms with Crippen LogP contribution >= 0.6 is 23.2 Å². The van der Waals surface area contributed by atoms with Gasteiger partial charge in [-0.2, -0.15) is 0 Å². The highest BCUT2D eigenvalue weighted by molar-refractivity contribution is 6.42. The van der Waals surface area contributed by atoms with Crippen molar-refractivity contribution >= 4 is 35.0 Å². The van der Waals surface area contributed by atoms with Crippen molar-refractivity contribution in [2.45, 2.75) is 19.4 Å². The molecule has 7 heteroatoms. The molecule has 136 valence electrons. The Morgan fingerprint density at radius 1 is 1.12 bits per heavy atom. The number of benzene rings is 1. The van der Waals surface area contributed by atoms with E-state index in [0.29, 0.717) is 48.1 Å². The van der Waals surface area contributed by atoms with Crippen LogP contribution in [0.1, 0.15) is 28.9 Å². The van der Waals surface area contributed by atoms with E-state index in [4.69, 9.17) is 23.2 Å². The van der Waals surface area contributed by atoms with Crippen molar-refractivity contribution in [3.8, 4) is 0 Å². The first-order chi connectivity index (χ1) is 12.5. The monoisotopic (exact) mass is 391 g/mol. The number of aromatic nitrogens is 1. The summed E-state index contributed by atoms with van der Waals surface area (Å²) in [4.78, 5) is 30.8. The number of likely N-dealkylation sites (tertiary alicyclic amines) is 1. The average molecular weight is 392 g/mol. The molecule has 0 bridgehead atoms. The number of piperidine rings is 1. The Hall–Kier alpha value is -2.11. The van der Waals surface area contributed by atoms with Crippen molar-refractivity contribution in [1.82, 2.24) is 15.2 Å². The number of halogens is 2. The normalized spacial score (nSPS) is 14.9. The van der Waals surface area contributed by atoms with Gasteiger partial charge in [0.25, 0.3) is 5.91 Å². The number of pyridine rings is 1. The van der Waals surface area contributed by atoms with Gasteiger partial charge >= 0.3 is 0 Å². The first kappa shape index (κ1) is 18.7. The molecular formula is C19H19Cl2N3O2. The van der Waals surface area contributed by atoms with Gasteiger partial charge < -0.3 is 10.2 Å². The Morgan fingerprint density at radius 2 is 1.88 bits per heavy atom. The van der Waals surface area contributed by atoms with E-state index in [2.05, 4.69) is 10.3 Å². The molecule has 1 aliphatic rings. The number of hydrogen-bond acceptors (Lipinski definition) is 3. The fraction of sp³-hybridized carbons (Fsp3) is 0.316. The summed E-state index contributed by atoms with van der Waals surface area (Å²) >= 11 is 11.9. The van der Waals surface area contributed by atoms with Crippen LogP contribution in [0.25, 0.3) is 0 Å². The van der Waals surface area contributed by atoms with Crippen molar-refractivity contribution in [1.29, 1.82) is 0 Å². The van der Waals surface area contributed by atoms with Gasteiger partial charge in [-0.15, -0.1) is 0 Å². The number of carbonyl (C=O) groups is 2. The standard InChI is InChI=1S/C19H19Cl2N3O2/c20-16-5-4-14(11-17(16)21)19(26)24-9-6-13(7-10-24)18(25)23-12-15-3-1-2-8-22-15/h1-5,8,11,13H,6-7,9-10,12H2,(H,23,25). The summed E-state index contributed by atoms with van der Waals surface area (Å²) in [5, 5.41) is 3.71. The first-order valence-electron chi connectivity index (χ1n) is 8.46. The molecule has 1 aliphatic heterocycles. The van der Waals surface area contributed by atoms with Gasteiger partial charge in [-0.05, 0) is 43.2 Å². The van der Waals surface area contributed by atoms with Crippen LogP contribution < -0.4 is 5.32 Å². The van der Waals surface area contributed by atoms with Gasteiger partial charge in [0.05, 0.1) is 22.3 Å². The summed E-state index contributed by atoms with van der Waals surface area (Å²) in [6, 6.07) is 10.5. The molecule has 0 radical (unpaired) electrons. The highest BCUT2D eigenvalue weighted by Crippen LogP contribution is 2.25. The average Bonchev–Trinajstić information content (AvgIpc) is 2.68. The number of rotatable bonds is 4. The van der Waals surface area contributed by atoms with Crippen molar-refractivity contribution in [2.75, 3.05) is 13.1 Å². The zero-order valence-electron chi connectivity index (χ0n) is 14.1. The molecule has 1 N–H and O–H groups in total. The third kappa shape index (κ3) is 4.54. The molecule has 1 saturated heterocycles. The molecule has 5 nitrogen and oxygen atoms in total. The van der Waals surface area contributed by atoms with E-state index in [1.54, 1.807) is 29.3 Å². The van der Waals surface area contributed by atoms with E-state index in [1.165, 1.54) is 0 Å². The minimum absolute atomic E-state index is 0.0114. The van der Waals surface area contributed by atoms with Crippen LogP contribution in [0.15, 0.2) is 42.6 Å². The van der Waals surface area contributed by atoms with Crippen molar-refractivity contribution in [3.63, 3.8) is 0 Å². The fourth-order valence-electron chi connectivity index (χ4n) is 2.98. The molecule has 1 aromatic heterocycles. The Balaban J connectivity index is 1.51. The van der Waals surface area contributed by atoms with Crippen LogP contribution in [0.2, 0.25) is 10.0 Å². The predicted molar refractivity (Wildman–Crippen MR) is 101 cm³/mol. The minimum atomic E-state index is -0.0871. The van der Waals surface area contributed by atoms with Gasteiger partial charge in [0, 0.05) is 30.8 Å². The summed E-state index contributed by atoms with van der Waals surface area (Å²) in [6.07, 6.45) is 2.98.